The Labute approximate surface area is 202 Å². The maximum Gasteiger partial charge on any atom is 0.262 e. The molecule has 1 unspecified atom stereocenters. The smallest absolute Gasteiger partial charge is 0.262 e. The fourth-order valence-corrected chi connectivity index (χ4v) is 4.79. The number of amides is 3. The first kappa shape index (κ1) is 25.4. The first-order valence-electron chi connectivity index (χ1n) is 10.4. The van der Waals surface area contributed by atoms with Crippen LogP contribution in [0.25, 0.3) is 0 Å². The van der Waals surface area contributed by atoms with Crippen LogP contribution in [0.2, 0.25) is 0 Å². The van der Waals surface area contributed by atoms with Crippen molar-refractivity contribution in [2.24, 2.45) is 0 Å². The Hall–Kier alpha value is -3.20. The summed E-state index contributed by atoms with van der Waals surface area (Å²) in [6, 6.07) is 7.18. The second-order valence-corrected chi connectivity index (χ2v) is 11.2. The molecule has 1 fully saturated rings. The summed E-state index contributed by atoms with van der Waals surface area (Å²) in [7, 11) is -3.36. The third-order valence-electron chi connectivity index (χ3n) is 5.11. The lowest BCUT2D eigenvalue weighted by Crippen LogP contribution is -2.44. The van der Waals surface area contributed by atoms with Gasteiger partial charge < -0.3 is 20.3 Å². The summed E-state index contributed by atoms with van der Waals surface area (Å²) in [5, 5.41) is 5.33. The molecule has 1 aliphatic rings. The van der Waals surface area contributed by atoms with E-state index in [1.54, 1.807) is 35.2 Å². The van der Waals surface area contributed by atoms with E-state index >= 15 is 0 Å². The van der Waals surface area contributed by atoms with Crippen molar-refractivity contribution in [3.05, 3.63) is 45.6 Å². The summed E-state index contributed by atoms with van der Waals surface area (Å²) in [5.41, 5.74) is 1.94. The summed E-state index contributed by atoms with van der Waals surface area (Å²) in [6.45, 7) is 2.72. The molecule has 2 aromatic rings. The van der Waals surface area contributed by atoms with Crippen LogP contribution in [0.15, 0.2) is 30.3 Å². The summed E-state index contributed by atoms with van der Waals surface area (Å²) in [4.78, 5) is 40.2. The van der Waals surface area contributed by atoms with Crippen LogP contribution in [0.5, 0.6) is 0 Å². The maximum absolute atomic E-state index is 13.0. The van der Waals surface area contributed by atoms with Gasteiger partial charge in [-0.1, -0.05) is 5.92 Å². The highest BCUT2D eigenvalue weighted by atomic mass is 32.2. The molecule has 0 bridgehead atoms. The van der Waals surface area contributed by atoms with Gasteiger partial charge in [0, 0.05) is 24.2 Å². The summed E-state index contributed by atoms with van der Waals surface area (Å²) >= 11 is 1.10. The zero-order valence-electron chi connectivity index (χ0n) is 18.8. The number of morpholine rings is 1. The van der Waals surface area contributed by atoms with Crippen LogP contribution >= 0.6 is 11.3 Å². The molecule has 2 N–H and O–H groups in total. The van der Waals surface area contributed by atoms with Gasteiger partial charge in [-0.25, -0.2) is 8.42 Å². The van der Waals surface area contributed by atoms with E-state index in [-0.39, 0.29) is 24.7 Å². The van der Waals surface area contributed by atoms with Gasteiger partial charge in [0.15, 0.2) is 0 Å². The lowest BCUT2D eigenvalue weighted by molar-refractivity contribution is -0.125. The average molecular weight is 504 g/mol. The lowest BCUT2D eigenvalue weighted by atomic mass is 10.1. The molecule has 0 saturated carbocycles. The molecular weight excluding hydrogens is 478 g/mol. The molecule has 34 heavy (non-hydrogen) atoms. The summed E-state index contributed by atoms with van der Waals surface area (Å²) < 4.78 is 28.5. The topological polar surface area (TPSA) is 122 Å². The van der Waals surface area contributed by atoms with E-state index in [9.17, 15) is 22.8 Å². The van der Waals surface area contributed by atoms with Gasteiger partial charge in [0.05, 0.1) is 22.1 Å². The molecule has 180 valence electrons. The van der Waals surface area contributed by atoms with Crippen LogP contribution in [0.4, 0.5) is 11.4 Å². The molecule has 0 radical (unpaired) electrons. The number of terminal acetylenes is 1. The maximum atomic E-state index is 13.0. The number of nitrogens with one attached hydrogen (secondary N) is 2. The van der Waals surface area contributed by atoms with Crippen molar-refractivity contribution in [3.8, 4) is 12.3 Å². The Balaban J connectivity index is 1.75. The van der Waals surface area contributed by atoms with E-state index in [0.29, 0.717) is 28.6 Å². The van der Waals surface area contributed by atoms with E-state index in [4.69, 9.17) is 11.2 Å². The van der Waals surface area contributed by atoms with Crippen molar-refractivity contribution in [3.63, 3.8) is 0 Å². The summed E-state index contributed by atoms with van der Waals surface area (Å²) in [6.07, 6.45) is 6.31. The van der Waals surface area contributed by atoms with Crippen molar-refractivity contribution in [1.29, 1.82) is 0 Å². The number of nitrogens with zero attached hydrogens (tertiary/aromatic N) is 1. The molecule has 9 nitrogen and oxygen atoms in total. The Morgan fingerprint density at radius 3 is 2.68 bits per heavy atom. The highest BCUT2D eigenvalue weighted by molar-refractivity contribution is 7.90. The normalized spacial score (nSPS) is 14.9. The number of aryl methyl sites for hydroxylation is 1. The molecule has 1 aromatic carbocycles. The van der Waals surface area contributed by atoms with Crippen LogP contribution in [0.1, 0.15) is 26.5 Å². The van der Waals surface area contributed by atoms with E-state index in [1.165, 1.54) is 0 Å². The molecule has 1 aliphatic heterocycles. The second-order valence-electron chi connectivity index (χ2n) is 7.84. The number of hydrogen-bond donors (Lipinski definition) is 2. The van der Waals surface area contributed by atoms with E-state index in [1.807, 2.05) is 6.92 Å². The van der Waals surface area contributed by atoms with Crippen molar-refractivity contribution in [1.82, 2.24) is 5.32 Å². The number of anilines is 2. The first-order valence-corrected chi connectivity index (χ1v) is 13.3. The molecule has 1 saturated heterocycles. The zero-order chi connectivity index (χ0) is 24.9. The molecule has 3 amide bonds. The number of carbonyl (C=O) groups excluding carboxylic acids is 3. The molecule has 3 rings (SSSR count). The lowest BCUT2D eigenvalue weighted by Gasteiger charge is -2.28. The molecule has 0 aliphatic carbocycles. The number of benzene rings is 1. The molecule has 11 heteroatoms. The number of sulfone groups is 1. The van der Waals surface area contributed by atoms with Crippen LogP contribution in [-0.4, -0.2) is 63.9 Å². The Kier molecular flexibility index (Phi) is 8.09. The third kappa shape index (κ3) is 6.66. The first-order chi connectivity index (χ1) is 16.1. The monoisotopic (exact) mass is 503 g/mol. The van der Waals surface area contributed by atoms with E-state index in [2.05, 4.69) is 16.6 Å². The van der Waals surface area contributed by atoms with Crippen molar-refractivity contribution in [2.75, 3.05) is 42.0 Å². The van der Waals surface area contributed by atoms with E-state index < -0.39 is 27.7 Å². The van der Waals surface area contributed by atoms with Gasteiger partial charge in [0.25, 0.3) is 11.8 Å². The van der Waals surface area contributed by atoms with Gasteiger partial charge in [0.1, 0.15) is 22.5 Å². The average Bonchev–Trinajstić information content (AvgIpc) is 3.26. The van der Waals surface area contributed by atoms with Crippen molar-refractivity contribution in [2.45, 2.75) is 19.4 Å². The number of ether oxygens (including phenoxy) is 1. The predicted octanol–water partition coefficient (Wildman–Crippen LogP) is 1.57. The van der Waals surface area contributed by atoms with Crippen molar-refractivity contribution < 1.29 is 27.5 Å². The fourth-order valence-electron chi connectivity index (χ4n) is 3.41. The molecule has 2 heterocycles. The van der Waals surface area contributed by atoms with Crippen molar-refractivity contribution >= 4 is 50.3 Å². The minimum atomic E-state index is -3.36. The third-order valence-corrected chi connectivity index (χ3v) is 7.10. The van der Waals surface area contributed by atoms with E-state index in [0.717, 1.165) is 28.8 Å². The van der Waals surface area contributed by atoms with Gasteiger partial charge in [-0.3, -0.25) is 14.4 Å². The fraction of sp³-hybridized carbons (Fsp3) is 0.348. The molecular formula is C23H25N3O6S2. The number of hydrogen-bond acceptors (Lipinski definition) is 7. The standard InChI is InChI=1S/C23H25N3O6S2/c1-4-17-6-8-20(33-17)23(29)25-18(9-12-34(3,30)31)22(28)24-16-5-7-19(15(2)13-16)26-10-11-32-14-21(26)27/h1,5-8,13,18H,9-12,14H2,2-3H3,(H,24,28)(H,25,29). The Morgan fingerprint density at radius 2 is 2.06 bits per heavy atom. The SMILES string of the molecule is C#Cc1ccc(C(=O)NC(CCS(C)(=O)=O)C(=O)Nc2ccc(N3CCOCC3=O)c(C)c2)s1. The largest absolute Gasteiger partial charge is 0.370 e. The Morgan fingerprint density at radius 1 is 1.29 bits per heavy atom. The van der Waals surface area contributed by atoms with Gasteiger partial charge in [-0.05, 0) is 49.2 Å². The van der Waals surface area contributed by atoms with Gasteiger partial charge in [0.2, 0.25) is 5.91 Å². The van der Waals surface area contributed by atoms with Gasteiger partial charge >= 0.3 is 0 Å². The van der Waals surface area contributed by atoms with Crippen LogP contribution in [-0.2, 0) is 24.2 Å². The number of rotatable bonds is 8. The number of carbonyl (C=O) groups is 3. The second kappa shape index (κ2) is 10.8. The molecule has 1 atom stereocenters. The van der Waals surface area contributed by atoms with Gasteiger partial charge in [-0.2, -0.15) is 0 Å². The Bertz CT molecular complexity index is 1250. The molecule has 1 aromatic heterocycles. The number of thiophene rings is 1. The zero-order valence-corrected chi connectivity index (χ0v) is 20.4. The van der Waals surface area contributed by atoms with Crippen LogP contribution < -0.4 is 15.5 Å². The molecule has 0 spiro atoms. The highest BCUT2D eigenvalue weighted by Gasteiger charge is 2.25. The minimum absolute atomic E-state index is 0.0206. The predicted molar refractivity (Wildman–Crippen MR) is 131 cm³/mol. The van der Waals surface area contributed by atoms with Crippen LogP contribution in [0.3, 0.4) is 0 Å². The highest BCUT2D eigenvalue weighted by Crippen LogP contribution is 2.25. The van der Waals surface area contributed by atoms with Gasteiger partial charge in [-0.15, -0.1) is 17.8 Å². The quantitative estimate of drug-likeness (QED) is 0.528. The summed E-state index contributed by atoms with van der Waals surface area (Å²) in [5.74, 6) is 0.952. The van der Waals surface area contributed by atoms with Crippen LogP contribution in [0, 0.1) is 19.3 Å². The minimum Gasteiger partial charge on any atom is -0.370 e.